The standard InChI is InChI=1S/C12H15N3O/c1-12(6-3-7-16-9-12)15-11-5-2-4-10(8-13)14-11/h2,4-5H,3,6-7,9H2,1H3,(H,14,15). The van der Waals surface area contributed by atoms with Gasteiger partial charge in [0.1, 0.15) is 17.6 Å². The van der Waals surface area contributed by atoms with Gasteiger partial charge >= 0.3 is 0 Å². The van der Waals surface area contributed by atoms with E-state index in [-0.39, 0.29) is 5.54 Å². The molecule has 1 aromatic rings. The first-order valence-electron chi connectivity index (χ1n) is 5.45. The van der Waals surface area contributed by atoms with Crippen LogP contribution in [0.2, 0.25) is 0 Å². The highest BCUT2D eigenvalue weighted by Crippen LogP contribution is 2.22. The van der Waals surface area contributed by atoms with Gasteiger partial charge in [-0.05, 0) is 31.9 Å². The predicted octanol–water partition coefficient (Wildman–Crippen LogP) is 1.93. The lowest BCUT2D eigenvalue weighted by atomic mass is 9.95. The van der Waals surface area contributed by atoms with Crippen LogP contribution in [0.25, 0.3) is 0 Å². The summed E-state index contributed by atoms with van der Waals surface area (Å²) in [7, 11) is 0. The Hall–Kier alpha value is -1.60. The fraction of sp³-hybridized carbons (Fsp3) is 0.500. The highest BCUT2D eigenvalue weighted by molar-refractivity contribution is 5.40. The maximum atomic E-state index is 8.77. The SMILES string of the molecule is CC1(Nc2cccc(C#N)n2)CCCOC1. The van der Waals surface area contributed by atoms with E-state index in [1.165, 1.54) is 0 Å². The molecule has 4 nitrogen and oxygen atoms in total. The lowest BCUT2D eigenvalue weighted by molar-refractivity contribution is 0.0539. The topological polar surface area (TPSA) is 57.9 Å². The van der Waals surface area contributed by atoms with Gasteiger partial charge in [-0.1, -0.05) is 6.07 Å². The van der Waals surface area contributed by atoms with E-state index in [0.717, 1.165) is 25.3 Å². The number of ether oxygens (including phenoxy) is 1. The molecule has 1 fully saturated rings. The molecule has 2 heterocycles. The Kier molecular flexibility index (Phi) is 3.07. The summed E-state index contributed by atoms with van der Waals surface area (Å²) in [5.41, 5.74) is 0.365. The summed E-state index contributed by atoms with van der Waals surface area (Å²) < 4.78 is 5.46. The van der Waals surface area contributed by atoms with Crippen LogP contribution in [0, 0.1) is 11.3 Å². The van der Waals surface area contributed by atoms with Crippen molar-refractivity contribution in [1.29, 1.82) is 5.26 Å². The molecule has 4 heteroatoms. The summed E-state index contributed by atoms with van der Waals surface area (Å²) in [6.45, 7) is 3.64. The van der Waals surface area contributed by atoms with E-state index in [9.17, 15) is 0 Å². The zero-order valence-corrected chi connectivity index (χ0v) is 9.36. The summed E-state index contributed by atoms with van der Waals surface area (Å²) >= 11 is 0. The Bertz CT molecular complexity index is 405. The van der Waals surface area contributed by atoms with Crippen molar-refractivity contribution in [2.75, 3.05) is 18.5 Å². The third-order valence-electron chi connectivity index (χ3n) is 2.73. The Morgan fingerprint density at radius 3 is 3.12 bits per heavy atom. The van der Waals surface area contributed by atoms with Gasteiger partial charge in [0, 0.05) is 6.61 Å². The Morgan fingerprint density at radius 1 is 1.56 bits per heavy atom. The third-order valence-corrected chi connectivity index (χ3v) is 2.73. The highest BCUT2D eigenvalue weighted by atomic mass is 16.5. The van der Waals surface area contributed by atoms with Crippen LogP contribution in [0.4, 0.5) is 5.82 Å². The van der Waals surface area contributed by atoms with Crippen molar-refractivity contribution in [2.24, 2.45) is 0 Å². The van der Waals surface area contributed by atoms with Gasteiger partial charge in [-0.3, -0.25) is 0 Å². The van der Waals surface area contributed by atoms with Gasteiger partial charge in [0.05, 0.1) is 12.1 Å². The van der Waals surface area contributed by atoms with Crippen LogP contribution in [0.15, 0.2) is 18.2 Å². The molecule has 0 bridgehead atoms. The average Bonchev–Trinajstić information content (AvgIpc) is 2.29. The first-order chi connectivity index (χ1) is 7.72. The van der Waals surface area contributed by atoms with E-state index in [2.05, 4.69) is 17.2 Å². The summed E-state index contributed by atoms with van der Waals surface area (Å²) in [5, 5.41) is 12.1. The molecule has 1 N–H and O–H groups in total. The minimum Gasteiger partial charge on any atom is -0.379 e. The second-order valence-corrected chi connectivity index (χ2v) is 4.36. The van der Waals surface area contributed by atoms with Crippen molar-refractivity contribution in [1.82, 2.24) is 4.98 Å². The molecule has 1 aliphatic heterocycles. The zero-order chi connectivity index (χ0) is 11.4. The van der Waals surface area contributed by atoms with Gasteiger partial charge < -0.3 is 10.1 Å². The molecule has 84 valence electrons. The first-order valence-corrected chi connectivity index (χ1v) is 5.45. The molecule has 16 heavy (non-hydrogen) atoms. The molecule has 0 aliphatic carbocycles. The Morgan fingerprint density at radius 2 is 2.44 bits per heavy atom. The van der Waals surface area contributed by atoms with Crippen molar-refractivity contribution in [3.63, 3.8) is 0 Å². The fourth-order valence-electron chi connectivity index (χ4n) is 1.91. The molecule has 0 saturated carbocycles. The number of nitriles is 1. The van der Waals surface area contributed by atoms with Gasteiger partial charge in [-0.2, -0.15) is 5.26 Å². The number of rotatable bonds is 2. The summed E-state index contributed by atoms with van der Waals surface area (Å²) in [6, 6.07) is 7.44. The van der Waals surface area contributed by atoms with E-state index in [1.807, 2.05) is 18.2 Å². The molecule has 0 aromatic carbocycles. The summed E-state index contributed by atoms with van der Waals surface area (Å²) in [4.78, 5) is 4.20. The largest absolute Gasteiger partial charge is 0.379 e. The molecule has 1 atom stereocenters. The molecule has 0 amide bonds. The van der Waals surface area contributed by atoms with Crippen molar-refractivity contribution in [3.05, 3.63) is 23.9 Å². The van der Waals surface area contributed by atoms with Crippen LogP contribution in [0.5, 0.6) is 0 Å². The molecule has 2 rings (SSSR count). The van der Waals surface area contributed by atoms with E-state index < -0.39 is 0 Å². The van der Waals surface area contributed by atoms with Crippen molar-refractivity contribution >= 4 is 5.82 Å². The van der Waals surface area contributed by atoms with Crippen LogP contribution < -0.4 is 5.32 Å². The van der Waals surface area contributed by atoms with Crippen LogP contribution in [0.3, 0.4) is 0 Å². The van der Waals surface area contributed by atoms with Gasteiger partial charge in [0.2, 0.25) is 0 Å². The molecular weight excluding hydrogens is 202 g/mol. The van der Waals surface area contributed by atoms with E-state index in [0.29, 0.717) is 12.3 Å². The maximum absolute atomic E-state index is 8.77. The Balaban J connectivity index is 2.10. The Labute approximate surface area is 95.3 Å². The third kappa shape index (κ3) is 2.50. The monoisotopic (exact) mass is 217 g/mol. The predicted molar refractivity (Wildman–Crippen MR) is 61.0 cm³/mol. The molecule has 1 aromatic heterocycles. The number of hydrogen-bond donors (Lipinski definition) is 1. The lowest BCUT2D eigenvalue weighted by Gasteiger charge is -2.34. The molecular formula is C12H15N3O. The number of nitrogens with one attached hydrogen (secondary N) is 1. The second-order valence-electron chi connectivity index (χ2n) is 4.36. The number of aromatic nitrogens is 1. The number of anilines is 1. The van der Waals surface area contributed by atoms with Gasteiger partial charge in [0.25, 0.3) is 0 Å². The van der Waals surface area contributed by atoms with Gasteiger partial charge in [0.15, 0.2) is 0 Å². The number of nitrogens with zero attached hydrogens (tertiary/aromatic N) is 2. The summed E-state index contributed by atoms with van der Waals surface area (Å²) in [6.07, 6.45) is 2.12. The van der Waals surface area contributed by atoms with Crippen molar-refractivity contribution in [3.8, 4) is 6.07 Å². The highest BCUT2D eigenvalue weighted by Gasteiger charge is 2.27. The normalized spacial score (nSPS) is 24.8. The molecule has 1 aliphatic rings. The van der Waals surface area contributed by atoms with Crippen LogP contribution in [-0.4, -0.2) is 23.7 Å². The maximum Gasteiger partial charge on any atom is 0.142 e. The molecule has 1 saturated heterocycles. The van der Waals surface area contributed by atoms with Crippen molar-refractivity contribution in [2.45, 2.75) is 25.3 Å². The first kappa shape index (κ1) is 10.9. The molecule has 1 unspecified atom stereocenters. The minimum atomic E-state index is -0.0701. The van der Waals surface area contributed by atoms with E-state index in [4.69, 9.17) is 10.00 Å². The minimum absolute atomic E-state index is 0.0701. The van der Waals surface area contributed by atoms with E-state index in [1.54, 1.807) is 6.07 Å². The van der Waals surface area contributed by atoms with Crippen LogP contribution in [-0.2, 0) is 4.74 Å². The second kappa shape index (κ2) is 4.50. The molecule has 0 spiro atoms. The zero-order valence-electron chi connectivity index (χ0n) is 9.36. The van der Waals surface area contributed by atoms with E-state index >= 15 is 0 Å². The van der Waals surface area contributed by atoms with Crippen molar-refractivity contribution < 1.29 is 4.74 Å². The average molecular weight is 217 g/mol. The van der Waals surface area contributed by atoms with Gasteiger partial charge in [-0.25, -0.2) is 4.98 Å². The van der Waals surface area contributed by atoms with Crippen LogP contribution in [0.1, 0.15) is 25.5 Å². The number of hydrogen-bond acceptors (Lipinski definition) is 4. The lowest BCUT2D eigenvalue weighted by Crippen LogP contribution is -2.43. The number of pyridine rings is 1. The van der Waals surface area contributed by atoms with Gasteiger partial charge in [-0.15, -0.1) is 0 Å². The van der Waals surface area contributed by atoms with Crippen LogP contribution >= 0.6 is 0 Å². The summed E-state index contributed by atoms with van der Waals surface area (Å²) in [5.74, 6) is 0.743. The smallest absolute Gasteiger partial charge is 0.142 e. The fourth-order valence-corrected chi connectivity index (χ4v) is 1.91. The quantitative estimate of drug-likeness (QED) is 0.822. The molecule has 0 radical (unpaired) electrons.